The number of amides is 3. The van der Waals surface area contributed by atoms with Gasteiger partial charge in [0.15, 0.2) is 0 Å². The first-order chi connectivity index (χ1) is 17.1. The second-order valence-corrected chi connectivity index (χ2v) is 10.4. The number of ether oxygens (including phenoxy) is 1. The van der Waals surface area contributed by atoms with Crippen LogP contribution < -0.4 is 10.1 Å². The van der Waals surface area contributed by atoms with Crippen LogP contribution in [0.3, 0.4) is 0 Å². The molecule has 2 unspecified atom stereocenters. The summed E-state index contributed by atoms with van der Waals surface area (Å²) in [5, 5.41) is 5.21. The zero-order valence-electron chi connectivity index (χ0n) is 20.0. The molecular weight excluding hydrogens is 464 g/mol. The number of nitrogens with one attached hydrogen (secondary N) is 1. The molecule has 0 bridgehead atoms. The van der Waals surface area contributed by atoms with E-state index in [1.165, 1.54) is 11.3 Å². The summed E-state index contributed by atoms with van der Waals surface area (Å²) in [6, 6.07) is 10.2. The average Bonchev–Trinajstić information content (AvgIpc) is 3.48. The Hall–Kier alpha value is -2.91. The normalized spacial score (nSPS) is 22.5. The van der Waals surface area contributed by atoms with Crippen LogP contribution in [0.1, 0.15) is 45.7 Å². The minimum absolute atomic E-state index is 0.00579. The van der Waals surface area contributed by atoms with Crippen LogP contribution in [0.4, 0.5) is 0 Å². The van der Waals surface area contributed by atoms with Crippen LogP contribution in [0.15, 0.2) is 41.8 Å². The molecule has 1 aromatic heterocycles. The van der Waals surface area contributed by atoms with Crippen LogP contribution >= 0.6 is 11.3 Å². The van der Waals surface area contributed by atoms with Gasteiger partial charge in [-0.15, -0.1) is 11.3 Å². The van der Waals surface area contributed by atoms with Crippen LogP contribution in [0.25, 0.3) is 0 Å². The van der Waals surface area contributed by atoms with Gasteiger partial charge in [0.1, 0.15) is 11.8 Å². The average molecular weight is 497 g/mol. The molecule has 5 rings (SSSR count). The molecule has 3 heterocycles. The molecule has 1 aromatic carbocycles. The third-order valence-electron chi connectivity index (χ3n) is 7.11. The summed E-state index contributed by atoms with van der Waals surface area (Å²) in [5.41, 5.74) is 0.599. The predicted molar refractivity (Wildman–Crippen MR) is 134 cm³/mol. The molecule has 186 valence electrons. The molecule has 2 atom stereocenters. The molecule has 2 aliphatic heterocycles. The van der Waals surface area contributed by atoms with E-state index in [1.807, 2.05) is 21.2 Å². The minimum atomic E-state index is -0.558. The number of hydrogen-bond donors (Lipinski definition) is 1. The fourth-order valence-corrected chi connectivity index (χ4v) is 5.84. The summed E-state index contributed by atoms with van der Waals surface area (Å²) in [5.74, 6) is 0.525. The van der Waals surface area contributed by atoms with Crippen molar-refractivity contribution >= 4 is 29.1 Å². The first kappa shape index (κ1) is 23.8. The van der Waals surface area contributed by atoms with Crippen molar-refractivity contribution in [2.24, 2.45) is 0 Å². The molecule has 0 spiro atoms. The van der Waals surface area contributed by atoms with Crippen LogP contribution in [-0.4, -0.2) is 90.4 Å². The van der Waals surface area contributed by atoms with Crippen molar-refractivity contribution < 1.29 is 19.1 Å². The maximum absolute atomic E-state index is 13.7. The van der Waals surface area contributed by atoms with Gasteiger partial charge in [-0.05, 0) is 67.9 Å². The van der Waals surface area contributed by atoms with E-state index in [0.29, 0.717) is 42.2 Å². The third kappa shape index (κ3) is 5.06. The number of carbonyl (C=O) groups excluding carboxylic acids is 3. The highest BCUT2D eigenvalue weighted by atomic mass is 32.1. The summed E-state index contributed by atoms with van der Waals surface area (Å²) in [7, 11) is 1.60. The van der Waals surface area contributed by atoms with Gasteiger partial charge in [0.25, 0.3) is 11.8 Å². The minimum Gasteiger partial charge on any atom is -0.497 e. The van der Waals surface area contributed by atoms with E-state index in [-0.39, 0.29) is 29.8 Å². The maximum Gasteiger partial charge on any atom is 0.264 e. The van der Waals surface area contributed by atoms with Crippen molar-refractivity contribution in [3.63, 3.8) is 0 Å². The fourth-order valence-electron chi connectivity index (χ4n) is 5.16. The lowest BCUT2D eigenvalue weighted by molar-refractivity contribution is -0.135. The molecule has 3 aliphatic rings. The summed E-state index contributed by atoms with van der Waals surface area (Å²) in [6.07, 6.45) is 3.27. The summed E-state index contributed by atoms with van der Waals surface area (Å²) in [4.78, 5) is 47.0. The Morgan fingerprint density at radius 1 is 1.06 bits per heavy atom. The van der Waals surface area contributed by atoms with Crippen LogP contribution in [0.5, 0.6) is 5.75 Å². The number of hydrogen-bond acceptors (Lipinski definition) is 6. The molecular formula is C26H32N4O4S. The number of nitrogens with zero attached hydrogens (tertiary/aromatic N) is 3. The van der Waals surface area contributed by atoms with Crippen molar-refractivity contribution in [2.45, 2.75) is 43.8 Å². The van der Waals surface area contributed by atoms with Crippen molar-refractivity contribution in [3.8, 4) is 5.75 Å². The smallest absolute Gasteiger partial charge is 0.264 e. The quantitative estimate of drug-likeness (QED) is 0.665. The van der Waals surface area contributed by atoms with Gasteiger partial charge in [0, 0.05) is 37.8 Å². The highest BCUT2D eigenvalue weighted by Crippen LogP contribution is 2.36. The van der Waals surface area contributed by atoms with E-state index < -0.39 is 6.04 Å². The molecule has 3 fully saturated rings. The standard InChI is InChI=1S/C26H32N4O4S/c1-34-21-9-5-18(6-10-21)24(31)30(19-7-8-19)20-16-22(25(32)28-13-3-11-27-12-14-28)29(17-20)26(33)23-4-2-15-35-23/h2,4-6,9-10,15,19-20,22,27H,3,7-8,11-14,16-17H2,1H3. The van der Waals surface area contributed by atoms with Crippen LogP contribution in [0.2, 0.25) is 0 Å². The summed E-state index contributed by atoms with van der Waals surface area (Å²) < 4.78 is 5.24. The number of thiophene rings is 1. The zero-order chi connectivity index (χ0) is 24.4. The Morgan fingerprint density at radius 3 is 2.54 bits per heavy atom. The van der Waals surface area contributed by atoms with E-state index in [4.69, 9.17) is 4.74 Å². The van der Waals surface area contributed by atoms with Gasteiger partial charge in [-0.2, -0.15) is 0 Å². The molecule has 8 nitrogen and oxygen atoms in total. The second-order valence-electron chi connectivity index (χ2n) is 9.44. The topological polar surface area (TPSA) is 82.2 Å². The first-order valence-corrected chi connectivity index (χ1v) is 13.3. The lowest BCUT2D eigenvalue weighted by Gasteiger charge is -2.29. The Labute approximate surface area is 209 Å². The monoisotopic (exact) mass is 496 g/mol. The summed E-state index contributed by atoms with van der Waals surface area (Å²) >= 11 is 1.39. The maximum atomic E-state index is 13.7. The van der Waals surface area contributed by atoms with E-state index in [0.717, 1.165) is 32.4 Å². The third-order valence-corrected chi connectivity index (χ3v) is 7.97. The first-order valence-electron chi connectivity index (χ1n) is 12.4. The predicted octanol–water partition coefficient (Wildman–Crippen LogP) is 2.47. The Morgan fingerprint density at radius 2 is 1.86 bits per heavy atom. The van der Waals surface area contributed by atoms with Crippen molar-refractivity contribution in [1.29, 1.82) is 0 Å². The number of carbonyl (C=O) groups is 3. The van der Waals surface area contributed by atoms with E-state index >= 15 is 0 Å². The van der Waals surface area contributed by atoms with Crippen LogP contribution in [-0.2, 0) is 4.79 Å². The molecule has 0 radical (unpaired) electrons. The van der Waals surface area contributed by atoms with Gasteiger partial charge >= 0.3 is 0 Å². The lowest BCUT2D eigenvalue weighted by Crippen LogP contribution is -2.48. The van der Waals surface area contributed by atoms with Gasteiger partial charge in [0.05, 0.1) is 18.0 Å². The Kier molecular flexibility index (Phi) is 7.06. The summed E-state index contributed by atoms with van der Waals surface area (Å²) in [6.45, 7) is 3.34. The molecule has 2 aromatic rings. The SMILES string of the molecule is COc1ccc(C(=O)N(C2CC2)C2CC(C(=O)N3CCCNCC3)N(C(=O)c3cccs3)C2)cc1. The van der Waals surface area contributed by atoms with Crippen molar-refractivity contribution in [2.75, 3.05) is 39.8 Å². The lowest BCUT2D eigenvalue weighted by atomic mass is 10.1. The fraction of sp³-hybridized carbons (Fsp3) is 0.500. The number of rotatable bonds is 6. The number of likely N-dealkylation sites (tertiary alicyclic amines) is 1. The molecule has 3 amide bonds. The highest BCUT2D eigenvalue weighted by Gasteiger charge is 2.48. The van der Waals surface area contributed by atoms with Crippen LogP contribution in [0, 0.1) is 0 Å². The largest absolute Gasteiger partial charge is 0.497 e. The van der Waals surface area contributed by atoms with Gasteiger partial charge in [-0.25, -0.2) is 0 Å². The van der Waals surface area contributed by atoms with Gasteiger partial charge in [-0.1, -0.05) is 6.07 Å². The van der Waals surface area contributed by atoms with E-state index in [2.05, 4.69) is 5.32 Å². The highest BCUT2D eigenvalue weighted by molar-refractivity contribution is 7.12. The van der Waals surface area contributed by atoms with Crippen molar-refractivity contribution in [1.82, 2.24) is 20.0 Å². The molecule has 9 heteroatoms. The van der Waals surface area contributed by atoms with E-state index in [9.17, 15) is 14.4 Å². The van der Waals surface area contributed by atoms with Gasteiger partial charge < -0.3 is 24.8 Å². The molecule has 1 N–H and O–H groups in total. The van der Waals surface area contributed by atoms with Crippen molar-refractivity contribution in [3.05, 3.63) is 52.2 Å². The van der Waals surface area contributed by atoms with Gasteiger partial charge in [-0.3, -0.25) is 14.4 Å². The second kappa shape index (κ2) is 10.4. The Balaban J connectivity index is 1.41. The van der Waals surface area contributed by atoms with Gasteiger partial charge in [0.2, 0.25) is 5.91 Å². The molecule has 35 heavy (non-hydrogen) atoms. The Bertz CT molecular complexity index is 1050. The molecule has 2 saturated heterocycles. The molecule has 1 aliphatic carbocycles. The molecule has 1 saturated carbocycles. The zero-order valence-corrected chi connectivity index (χ0v) is 20.8. The van der Waals surface area contributed by atoms with E-state index in [1.54, 1.807) is 42.3 Å². The number of benzene rings is 1. The number of methoxy groups -OCH3 is 1.